The molecule has 5 nitrogen and oxygen atoms in total. The van der Waals surface area contributed by atoms with Crippen LogP contribution in [0.25, 0.3) is 11.1 Å². The van der Waals surface area contributed by atoms with Gasteiger partial charge in [-0.05, 0) is 61.4 Å². The van der Waals surface area contributed by atoms with Crippen molar-refractivity contribution in [1.29, 1.82) is 0 Å². The maximum Gasteiger partial charge on any atom is 0.254 e. The summed E-state index contributed by atoms with van der Waals surface area (Å²) in [6, 6.07) is 11.8. The van der Waals surface area contributed by atoms with Crippen molar-refractivity contribution >= 4 is 17.0 Å². The van der Waals surface area contributed by atoms with Crippen LogP contribution in [0.15, 0.2) is 46.9 Å². The highest BCUT2D eigenvalue weighted by molar-refractivity contribution is 5.97. The number of carbonyl (C=O) groups excluding carboxylic acids is 1. The van der Waals surface area contributed by atoms with Gasteiger partial charge in [0.25, 0.3) is 5.91 Å². The molecule has 2 aromatic carbocycles. The van der Waals surface area contributed by atoms with Crippen molar-refractivity contribution in [2.45, 2.75) is 32.1 Å². The lowest BCUT2D eigenvalue weighted by Crippen LogP contribution is -2.40. The van der Waals surface area contributed by atoms with Crippen LogP contribution in [0.3, 0.4) is 0 Å². The number of nitrogens with zero attached hydrogens (tertiary/aromatic N) is 2. The minimum Gasteiger partial charge on any atom is -0.440 e. The number of oxazole rings is 1. The summed E-state index contributed by atoms with van der Waals surface area (Å²) in [4.78, 5) is 19.3. The highest BCUT2D eigenvalue weighted by Gasteiger charge is 2.24. The molecule has 1 fully saturated rings. The zero-order chi connectivity index (χ0) is 20.2. The third-order valence-electron chi connectivity index (χ3n) is 5.56. The number of aliphatic hydroxyl groups excluding tert-OH is 1. The van der Waals surface area contributed by atoms with Gasteiger partial charge in [0.05, 0.1) is 6.42 Å². The first-order valence-electron chi connectivity index (χ1n) is 10.2. The van der Waals surface area contributed by atoms with E-state index < -0.39 is 0 Å². The highest BCUT2D eigenvalue weighted by atomic mass is 19.1. The van der Waals surface area contributed by atoms with Crippen molar-refractivity contribution in [3.8, 4) is 0 Å². The Labute approximate surface area is 169 Å². The van der Waals surface area contributed by atoms with E-state index in [2.05, 4.69) is 4.98 Å². The van der Waals surface area contributed by atoms with Crippen molar-refractivity contribution in [2.24, 2.45) is 5.92 Å². The summed E-state index contributed by atoms with van der Waals surface area (Å²) in [7, 11) is 0. The first-order valence-corrected chi connectivity index (χ1v) is 10.2. The van der Waals surface area contributed by atoms with E-state index >= 15 is 0 Å². The molecule has 0 bridgehead atoms. The number of aromatic nitrogens is 1. The molecule has 29 heavy (non-hydrogen) atoms. The Hall–Kier alpha value is -2.73. The summed E-state index contributed by atoms with van der Waals surface area (Å²) in [6.45, 7) is 1.68. The molecule has 1 aliphatic rings. The van der Waals surface area contributed by atoms with Gasteiger partial charge in [-0.15, -0.1) is 0 Å². The average Bonchev–Trinajstić information content (AvgIpc) is 3.15. The second-order valence-corrected chi connectivity index (χ2v) is 7.68. The van der Waals surface area contributed by atoms with E-state index in [1.807, 2.05) is 4.90 Å². The molecule has 1 N–H and O–H groups in total. The highest BCUT2D eigenvalue weighted by Crippen LogP contribution is 2.25. The fourth-order valence-electron chi connectivity index (χ4n) is 4.03. The summed E-state index contributed by atoms with van der Waals surface area (Å²) in [5.74, 6) is 0.581. The van der Waals surface area contributed by atoms with Gasteiger partial charge >= 0.3 is 0 Å². The maximum absolute atomic E-state index is 13.9. The van der Waals surface area contributed by atoms with Gasteiger partial charge in [0.1, 0.15) is 11.3 Å². The summed E-state index contributed by atoms with van der Waals surface area (Å²) >= 11 is 0. The van der Waals surface area contributed by atoms with Gasteiger partial charge < -0.3 is 14.4 Å². The van der Waals surface area contributed by atoms with Crippen LogP contribution in [0.4, 0.5) is 4.39 Å². The van der Waals surface area contributed by atoms with E-state index in [1.54, 1.807) is 36.4 Å². The Morgan fingerprint density at radius 2 is 2.14 bits per heavy atom. The lowest BCUT2D eigenvalue weighted by Gasteiger charge is -2.32. The minimum absolute atomic E-state index is 0.00680. The quantitative estimate of drug-likeness (QED) is 0.679. The maximum atomic E-state index is 13.9. The van der Waals surface area contributed by atoms with E-state index in [-0.39, 0.29) is 24.8 Å². The van der Waals surface area contributed by atoms with Crippen molar-refractivity contribution in [2.75, 3.05) is 19.7 Å². The van der Waals surface area contributed by atoms with Crippen LogP contribution >= 0.6 is 0 Å². The molecule has 0 radical (unpaired) electrons. The van der Waals surface area contributed by atoms with Crippen LogP contribution < -0.4 is 0 Å². The largest absolute Gasteiger partial charge is 0.440 e. The molecule has 1 unspecified atom stereocenters. The zero-order valence-corrected chi connectivity index (χ0v) is 16.3. The van der Waals surface area contributed by atoms with Crippen molar-refractivity contribution in [3.05, 3.63) is 65.3 Å². The molecule has 4 rings (SSSR count). The van der Waals surface area contributed by atoms with E-state index in [4.69, 9.17) is 9.52 Å². The average molecular weight is 396 g/mol. The molecule has 0 aliphatic carbocycles. The first-order chi connectivity index (χ1) is 14.1. The monoisotopic (exact) mass is 396 g/mol. The number of piperidine rings is 1. The second kappa shape index (κ2) is 8.74. The standard InChI is InChI=1S/C23H25FN2O3/c24-19-8-2-1-7-17(19)14-22-25-20-10-9-18(13-21(20)29-22)23(28)26-11-3-5-16(15-26)6-4-12-27/h1-2,7-10,13,16,27H,3-6,11-12,14-15H2. The summed E-state index contributed by atoms with van der Waals surface area (Å²) in [5.41, 5.74) is 2.30. The predicted molar refractivity (Wildman–Crippen MR) is 108 cm³/mol. The second-order valence-electron chi connectivity index (χ2n) is 7.68. The third kappa shape index (κ3) is 4.48. The molecule has 2 heterocycles. The number of amides is 1. The van der Waals surface area contributed by atoms with Gasteiger partial charge in [-0.3, -0.25) is 4.79 Å². The van der Waals surface area contributed by atoms with Crippen molar-refractivity contribution in [3.63, 3.8) is 0 Å². The Balaban J connectivity index is 1.50. The van der Waals surface area contributed by atoms with Crippen LogP contribution in [0.5, 0.6) is 0 Å². The van der Waals surface area contributed by atoms with Gasteiger partial charge in [-0.1, -0.05) is 18.2 Å². The Kier molecular flexibility index (Phi) is 5.90. The Morgan fingerprint density at radius 3 is 2.97 bits per heavy atom. The molecule has 3 aromatic rings. The number of benzene rings is 2. The van der Waals surface area contributed by atoms with Crippen LogP contribution in [0, 0.1) is 11.7 Å². The fourth-order valence-corrected chi connectivity index (χ4v) is 4.03. The lowest BCUT2D eigenvalue weighted by atomic mass is 9.93. The number of hydrogen-bond donors (Lipinski definition) is 1. The number of likely N-dealkylation sites (tertiary alicyclic amines) is 1. The van der Waals surface area contributed by atoms with E-state index in [0.717, 1.165) is 38.8 Å². The van der Waals surface area contributed by atoms with E-state index in [9.17, 15) is 9.18 Å². The van der Waals surface area contributed by atoms with Gasteiger partial charge in [0.15, 0.2) is 11.5 Å². The van der Waals surface area contributed by atoms with Gasteiger partial charge in [-0.25, -0.2) is 9.37 Å². The van der Waals surface area contributed by atoms with Gasteiger partial charge in [0, 0.05) is 25.3 Å². The van der Waals surface area contributed by atoms with Gasteiger partial charge in [-0.2, -0.15) is 0 Å². The number of rotatable bonds is 6. The van der Waals surface area contributed by atoms with Crippen molar-refractivity contribution < 1.29 is 18.7 Å². The van der Waals surface area contributed by atoms with Crippen molar-refractivity contribution in [1.82, 2.24) is 9.88 Å². The summed E-state index contributed by atoms with van der Waals surface area (Å²) < 4.78 is 19.7. The topological polar surface area (TPSA) is 66.6 Å². The van der Waals surface area contributed by atoms with Crippen LogP contribution in [-0.4, -0.2) is 40.6 Å². The SMILES string of the molecule is O=C(c1ccc2nc(Cc3ccccc3F)oc2c1)N1CCCC(CCCO)C1. The molecule has 6 heteroatoms. The van der Waals surface area contributed by atoms with E-state index in [1.165, 1.54) is 6.07 Å². The molecule has 1 aromatic heterocycles. The smallest absolute Gasteiger partial charge is 0.254 e. The Morgan fingerprint density at radius 1 is 1.28 bits per heavy atom. The third-order valence-corrected chi connectivity index (χ3v) is 5.56. The minimum atomic E-state index is -0.286. The van der Waals surface area contributed by atoms with Gasteiger partial charge in [0.2, 0.25) is 0 Å². The molecule has 0 saturated carbocycles. The number of aliphatic hydroxyl groups is 1. The van der Waals surface area contributed by atoms with Crippen LogP contribution in [-0.2, 0) is 6.42 Å². The normalized spacial score (nSPS) is 17.0. The first kappa shape index (κ1) is 19.6. The molecule has 152 valence electrons. The molecule has 0 spiro atoms. The van der Waals surface area contributed by atoms with Crippen LogP contribution in [0.1, 0.15) is 47.5 Å². The number of fused-ring (bicyclic) bond motifs is 1. The fraction of sp³-hybridized carbons (Fsp3) is 0.391. The zero-order valence-electron chi connectivity index (χ0n) is 16.3. The molecule has 1 atom stereocenters. The Bertz CT molecular complexity index is 1000. The van der Waals surface area contributed by atoms with Crippen LogP contribution in [0.2, 0.25) is 0 Å². The molecule has 1 saturated heterocycles. The molecule has 1 aliphatic heterocycles. The predicted octanol–water partition coefficient (Wildman–Crippen LogP) is 4.18. The number of carbonyl (C=O) groups is 1. The summed E-state index contributed by atoms with van der Waals surface area (Å²) in [6.07, 6.45) is 4.08. The summed E-state index contributed by atoms with van der Waals surface area (Å²) in [5, 5.41) is 9.04. The number of halogens is 1. The molecular weight excluding hydrogens is 371 g/mol. The lowest BCUT2D eigenvalue weighted by molar-refractivity contribution is 0.0663. The molecule has 1 amide bonds. The molecular formula is C23H25FN2O3. The van der Waals surface area contributed by atoms with E-state index in [0.29, 0.717) is 34.0 Å². The number of hydrogen-bond acceptors (Lipinski definition) is 4.